The van der Waals surface area contributed by atoms with Gasteiger partial charge in [-0.15, -0.1) is 0 Å². The molecule has 6 nitrogen and oxygen atoms in total. The van der Waals surface area contributed by atoms with Gasteiger partial charge in [-0.2, -0.15) is 0 Å². The second kappa shape index (κ2) is 6.12. The number of benzene rings is 1. The van der Waals surface area contributed by atoms with Gasteiger partial charge in [-0.25, -0.2) is 15.0 Å². The van der Waals surface area contributed by atoms with Gasteiger partial charge in [0.05, 0.1) is 24.5 Å². The van der Waals surface area contributed by atoms with Gasteiger partial charge in [0.15, 0.2) is 0 Å². The SMILES string of the molecule is Cc1cc(C)c2nc(NC3=NCN(C(C)C)CN3)nc(C)c2c1. The molecular formula is C17H24N6. The molecule has 0 atom stereocenters. The zero-order valence-electron chi connectivity index (χ0n) is 14.4. The van der Waals surface area contributed by atoms with Gasteiger partial charge in [0.1, 0.15) is 0 Å². The van der Waals surface area contributed by atoms with Crippen LogP contribution in [-0.4, -0.2) is 40.2 Å². The number of nitrogens with one attached hydrogen (secondary N) is 2. The predicted molar refractivity (Wildman–Crippen MR) is 94.7 cm³/mol. The molecule has 1 aromatic carbocycles. The zero-order chi connectivity index (χ0) is 16.6. The van der Waals surface area contributed by atoms with Crippen molar-refractivity contribution < 1.29 is 0 Å². The number of guanidine groups is 1. The number of hydrogen-bond acceptors (Lipinski definition) is 6. The van der Waals surface area contributed by atoms with Gasteiger partial charge in [-0.05, 0) is 46.2 Å². The molecule has 0 aliphatic carbocycles. The number of rotatable bonds is 2. The highest BCUT2D eigenvalue weighted by Gasteiger charge is 2.16. The van der Waals surface area contributed by atoms with E-state index in [9.17, 15) is 0 Å². The summed E-state index contributed by atoms with van der Waals surface area (Å²) in [5, 5.41) is 7.59. The standard InChI is InChI=1S/C17H24N6/c1-10(2)23-8-18-16(19-9-23)22-17-20-13(5)14-7-11(3)6-12(4)15(14)21-17/h6-7,10H,8-9H2,1-5H3,(H2,18,19,20,21,22). The van der Waals surface area contributed by atoms with Crippen LogP contribution in [0.1, 0.15) is 30.7 Å². The Kier molecular flexibility index (Phi) is 4.17. The molecule has 3 rings (SSSR count). The summed E-state index contributed by atoms with van der Waals surface area (Å²) in [7, 11) is 0. The summed E-state index contributed by atoms with van der Waals surface area (Å²) in [5.74, 6) is 1.32. The van der Waals surface area contributed by atoms with Crippen molar-refractivity contribution in [3.05, 3.63) is 29.0 Å². The fourth-order valence-electron chi connectivity index (χ4n) is 2.77. The maximum Gasteiger partial charge on any atom is 0.230 e. The molecule has 0 fully saturated rings. The van der Waals surface area contributed by atoms with E-state index in [1.54, 1.807) is 0 Å². The normalized spacial score (nSPS) is 15.7. The van der Waals surface area contributed by atoms with Gasteiger partial charge in [0.2, 0.25) is 11.9 Å². The van der Waals surface area contributed by atoms with E-state index in [1.807, 2.05) is 6.92 Å². The Morgan fingerprint density at radius 1 is 1.17 bits per heavy atom. The second-order valence-corrected chi connectivity index (χ2v) is 6.40. The Labute approximate surface area is 137 Å². The Morgan fingerprint density at radius 3 is 2.61 bits per heavy atom. The van der Waals surface area contributed by atoms with Crippen LogP contribution < -0.4 is 10.6 Å². The summed E-state index contributed by atoms with van der Waals surface area (Å²) in [6.45, 7) is 12.0. The lowest BCUT2D eigenvalue weighted by Crippen LogP contribution is -2.48. The van der Waals surface area contributed by atoms with Crippen LogP contribution in [0.2, 0.25) is 0 Å². The molecule has 1 aliphatic rings. The minimum absolute atomic E-state index is 0.470. The molecule has 2 aromatic rings. The van der Waals surface area contributed by atoms with E-state index in [1.165, 1.54) is 5.56 Å². The smallest absolute Gasteiger partial charge is 0.230 e. The molecular weight excluding hydrogens is 288 g/mol. The van der Waals surface area contributed by atoms with E-state index in [-0.39, 0.29) is 0 Å². The summed E-state index contributed by atoms with van der Waals surface area (Å²) < 4.78 is 0. The maximum absolute atomic E-state index is 4.67. The maximum atomic E-state index is 4.67. The van der Waals surface area contributed by atoms with Crippen LogP contribution in [0, 0.1) is 20.8 Å². The number of nitrogens with zero attached hydrogens (tertiary/aromatic N) is 4. The molecule has 0 unspecified atom stereocenters. The third kappa shape index (κ3) is 3.27. The average Bonchev–Trinajstić information content (AvgIpc) is 2.49. The average molecular weight is 312 g/mol. The Balaban J connectivity index is 1.87. The number of aliphatic imine (C=N–C) groups is 1. The molecule has 23 heavy (non-hydrogen) atoms. The summed E-state index contributed by atoms with van der Waals surface area (Å²) in [5.41, 5.74) is 4.36. The van der Waals surface area contributed by atoms with Crippen LogP contribution in [0.4, 0.5) is 5.95 Å². The molecule has 122 valence electrons. The summed E-state index contributed by atoms with van der Waals surface area (Å²) in [6.07, 6.45) is 0. The summed E-state index contributed by atoms with van der Waals surface area (Å²) in [4.78, 5) is 16.0. The van der Waals surface area contributed by atoms with E-state index in [4.69, 9.17) is 0 Å². The van der Waals surface area contributed by atoms with Crippen LogP contribution >= 0.6 is 0 Å². The minimum Gasteiger partial charge on any atom is -0.343 e. The van der Waals surface area contributed by atoms with E-state index >= 15 is 0 Å². The van der Waals surface area contributed by atoms with E-state index in [2.05, 4.69) is 70.3 Å². The summed E-state index contributed by atoms with van der Waals surface area (Å²) >= 11 is 0. The molecule has 0 bridgehead atoms. The zero-order valence-corrected chi connectivity index (χ0v) is 14.4. The van der Waals surface area contributed by atoms with Crippen LogP contribution in [0.5, 0.6) is 0 Å². The van der Waals surface area contributed by atoms with Crippen molar-refractivity contribution >= 4 is 22.8 Å². The number of anilines is 1. The van der Waals surface area contributed by atoms with Crippen LogP contribution in [0.15, 0.2) is 17.1 Å². The van der Waals surface area contributed by atoms with Gasteiger partial charge in [-0.1, -0.05) is 11.6 Å². The van der Waals surface area contributed by atoms with Crippen molar-refractivity contribution in [2.45, 2.75) is 40.7 Å². The molecule has 1 aromatic heterocycles. The highest BCUT2D eigenvalue weighted by Crippen LogP contribution is 2.22. The van der Waals surface area contributed by atoms with E-state index < -0.39 is 0 Å². The van der Waals surface area contributed by atoms with Gasteiger partial charge in [0.25, 0.3) is 0 Å². The topological polar surface area (TPSA) is 65.4 Å². The van der Waals surface area contributed by atoms with Crippen molar-refractivity contribution in [3.63, 3.8) is 0 Å². The van der Waals surface area contributed by atoms with Crippen molar-refractivity contribution in [2.75, 3.05) is 18.7 Å². The lowest BCUT2D eigenvalue weighted by molar-refractivity contribution is 0.214. The first-order chi connectivity index (χ1) is 10.9. The highest BCUT2D eigenvalue weighted by molar-refractivity contribution is 5.94. The number of hydrogen-bond donors (Lipinski definition) is 2. The first kappa shape index (κ1) is 15.7. The molecule has 0 amide bonds. The van der Waals surface area contributed by atoms with Crippen molar-refractivity contribution in [1.82, 2.24) is 20.2 Å². The third-order valence-electron chi connectivity index (χ3n) is 4.15. The van der Waals surface area contributed by atoms with Gasteiger partial charge < -0.3 is 5.32 Å². The fourth-order valence-corrected chi connectivity index (χ4v) is 2.77. The van der Waals surface area contributed by atoms with Crippen LogP contribution in [0.3, 0.4) is 0 Å². The molecule has 0 saturated heterocycles. The van der Waals surface area contributed by atoms with Gasteiger partial charge in [-0.3, -0.25) is 10.2 Å². The monoisotopic (exact) mass is 312 g/mol. The van der Waals surface area contributed by atoms with Crippen molar-refractivity contribution in [2.24, 2.45) is 4.99 Å². The van der Waals surface area contributed by atoms with E-state index in [0.717, 1.165) is 34.8 Å². The molecule has 0 saturated carbocycles. The third-order valence-corrected chi connectivity index (χ3v) is 4.15. The minimum atomic E-state index is 0.470. The fraction of sp³-hybridized carbons (Fsp3) is 0.471. The number of aryl methyl sites for hydroxylation is 3. The molecule has 0 radical (unpaired) electrons. The van der Waals surface area contributed by atoms with E-state index in [0.29, 0.717) is 18.7 Å². The Bertz CT molecular complexity index is 765. The quantitative estimate of drug-likeness (QED) is 0.892. The molecule has 6 heteroatoms. The number of aromatic nitrogens is 2. The Morgan fingerprint density at radius 2 is 1.96 bits per heavy atom. The molecule has 2 N–H and O–H groups in total. The molecule has 2 heterocycles. The van der Waals surface area contributed by atoms with Gasteiger partial charge >= 0.3 is 0 Å². The Hall–Kier alpha value is -2.21. The lowest BCUT2D eigenvalue weighted by atomic mass is 10.1. The second-order valence-electron chi connectivity index (χ2n) is 6.40. The molecule has 0 spiro atoms. The van der Waals surface area contributed by atoms with Crippen LogP contribution in [-0.2, 0) is 0 Å². The molecule has 1 aliphatic heterocycles. The van der Waals surface area contributed by atoms with Gasteiger partial charge in [0, 0.05) is 11.4 Å². The van der Waals surface area contributed by atoms with Crippen molar-refractivity contribution in [1.29, 1.82) is 0 Å². The predicted octanol–water partition coefficient (Wildman–Crippen LogP) is 2.55. The first-order valence-electron chi connectivity index (χ1n) is 7.99. The lowest BCUT2D eigenvalue weighted by Gasteiger charge is -2.29. The highest BCUT2D eigenvalue weighted by atomic mass is 15.4. The first-order valence-corrected chi connectivity index (χ1v) is 7.99. The summed E-state index contributed by atoms with van der Waals surface area (Å²) in [6, 6.07) is 4.76. The van der Waals surface area contributed by atoms with Crippen LogP contribution in [0.25, 0.3) is 10.9 Å². The number of fused-ring (bicyclic) bond motifs is 1. The van der Waals surface area contributed by atoms with Crippen molar-refractivity contribution in [3.8, 4) is 0 Å². The largest absolute Gasteiger partial charge is 0.343 e.